The zero-order chi connectivity index (χ0) is 10.0. The standard InChI is InChI=1S/C10H12F2O/c1-6-4-7(2)9(13-3)8(5-6)10(11)12/h4-5,10H,1-3H3. The van der Waals surface area contributed by atoms with Gasteiger partial charge in [0.25, 0.3) is 6.43 Å². The Balaban J connectivity index is 3.29. The van der Waals surface area contributed by atoms with Gasteiger partial charge in [0, 0.05) is 0 Å². The summed E-state index contributed by atoms with van der Waals surface area (Å²) in [4.78, 5) is 0. The van der Waals surface area contributed by atoms with E-state index in [1.807, 2.05) is 6.07 Å². The van der Waals surface area contributed by atoms with Gasteiger partial charge in [0.2, 0.25) is 0 Å². The first-order valence-electron chi connectivity index (χ1n) is 3.99. The lowest BCUT2D eigenvalue weighted by molar-refractivity contribution is 0.147. The van der Waals surface area contributed by atoms with Crippen molar-refractivity contribution in [3.05, 3.63) is 28.8 Å². The molecule has 0 amide bonds. The van der Waals surface area contributed by atoms with E-state index in [0.717, 1.165) is 11.1 Å². The van der Waals surface area contributed by atoms with Crippen molar-refractivity contribution >= 4 is 0 Å². The Morgan fingerprint density at radius 3 is 2.31 bits per heavy atom. The van der Waals surface area contributed by atoms with Crippen LogP contribution in [0.15, 0.2) is 12.1 Å². The predicted molar refractivity (Wildman–Crippen MR) is 47.4 cm³/mol. The van der Waals surface area contributed by atoms with Gasteiger partial charge in [-0.25, -0.2) is 8.78 Å². The summed E-state index contributed by atoms with van der Waals surface area (Å²) in [5.74, 6) is 0.292. The lowest BCUT2D eigenvalue weighted by Gasteiger charge is -2.11. The molecule has 0 aliphatic heterocycles. The van der Waals surface area contributed by atoms with Crippen LogP contribution in [0.3, 0.4) is 0 Å². The smallest absolute Gasteiger partial charge is 0.267 e. The second kappa shape index (κ2) is 3.73. The zero-order valence-electron chi connectivity index (χ0n) is 7.90. The van der Waals surface area contributed by atoms with Crippen LogP contribution in [0.25, 0.3) is 0 Å². The number of hydrogen-bond donors (Lipinski definition) is 0. The Morgan fingerprint density at radius 2 is 1.85 bits per heavy atom. The Labute approximate surface area is 76.3 Å². The highest BCUT2D eigenvalue weighted by Crippen LogP contribution is 2.32. The minimum absolute atomic E-state index is 0.0278. The molecule has 1 aromatic rings. The van der Waals surface area contributed by atoms with Crippen LogP contribution >= 0.6 is 0 Å². The van der Waals surface area contributed by atoms with Crippen LogP contribution in [0.4, 0.5) is 8.78 Å². The normalized spacial score (nSPS) is 10.6. The molecule has 13 heavy (non-hydrogen) atoms. The van der Waals surface area contributed by atoms with Crippen LogP contribution in [0.5, 0.6) is 5.75 Å². The Bertz CT molecular complexity index is 308. The van der Waals surface area contributed by atoms with E-state index in [2.05, 4.69) is 0 Å². The minimum atomic E-state index is -2.48. The van der Waals surface area contributed by atoms with E-state index >= 15 is 0 Å². The van der Waals surface area contributed by atoms with E-state index in [1.54, 1.807) is 13.8 Å². The second-order valence-electron chi connectivity index (χ2n) is 3.00. The van der Waals surface area contributed by atoms with Gasteiger partial charge in [-0.3, -0.25) is 0 Å². The third-order valence-electron chi connectivity index (χ3n) is 1.89. The van der Waals surface area contributed by atoms with Gasteiger partial charge in [-0.15, -0.1) is 0 Å². The number of rotatable bonds is 2. The molecule has 0 saturated heterocycles. The number of benzene rings is 1. The molecule has 0 N–H and O–H groups in total. The number of methoxy groups -OCH3 is 1. The molecule has 1 aromatic carbocycles. The molecule has 72 valence electrons. The number of ether oxygens (including phenoxy) is 1. The lowest BCUT2D eigenvalue weighted by atomic mass is 10.1. The summed E-state index contributed by atoms with van der Waals surface area (Å²) >= 11 is 0. The SMILES string of the molecule is COc1c(C)cc(C)cc1C(F)F. The van der Waals surface area contributed by atoms with E-state index in [9.17, 15) is 8.78 Å². The zero-order valence-corrected chi connectivity index (χ0v) is 7.90. The van der Waals surface area contributed by atoms with Crippen molar-refractivity contribution in [3.63, 3.8) is 0 Å². The molecule has 0 fully saturated rings. The first kappa shape index (κ1) is 9.96. The quantitative estimate of drug-likeness (QED) is 0.688. The third kappa shape index (κ3) is 1.97. The molecule has 0 saturated carbocycles. The van der Waals surface area contributed by atoms with Crippen molar-refractivity contribution in [1.29, 1.82) is 0 Å². The fourth-order valence-corrected chi connectivity index (χ4v) is 1.43. The summed E-state index contributed by atoms with van der Waals surface area (Å²) < 4.78 is 29.9. The monoisotopic (exact) mass is 186 g/mol. The molecule has 1 nitrogen and oxygen atoms in total. The fraction of sp³-hybridized carbons (Fsp3) is 0.400. The van der Waals surface area contributed by atoms with Gasteiger partial charge in [-0.05, 0) is 25.5 Å². The molecule has 3 heteroatoms. The van der Waals surface area contributed by atoms with Crippen LogP contribution in [0, 0.1) is 13.8 Å². The van der Waals surface area contributed by atoms with Crippen molar-refractivity contribution in [2.24, 2.45) is 0 Å². The molecule has 0 spiro atoms. The molecular weight excluding hydrogens is 174 g/mol. The van der Waals surface area contributed by atoms with Crippen molar-refractivity contribution in [1.82, 2.24) is 0 Å². The summed E-state index contributed by atoms with van der Waals surface area (Å²) in [5, 5.41) is 0. The molecule has 0 atom stereocenters. The van der Waals surface area contributed by atoms with Gasteiger partial charge in [0.15, 0.2) is 0 Å². The number of alkyl halides is 2. The average Bonchev–Trinajstić information content (AvgIpc) is 2.02. The maximum atomic E-state index is 12.5. The maximum absolute atomic E-state index is 12.5. The molecule has 0 radical (unpaired) electrons. The third-order valence-corrected chi connectivity index (χ3v) is 1.89. The minimum Gasteiger partial charge on any atom is -0.496 e. The number of hydrogen-bond acceptors (Lipinski definition) is 1. The van der Waals surface area contributed by atoms with E-state index < -0.39 is 6.43 Å². The molecule has 0 unspecified atom stereocenters. The molecular formula is C10H12F2O. The highest BCUT2D eigenvalue weighted by Gasteiger charge is 2.15. The maximum Gasteiger partial charge on any atom is 0.267 e. The highest BCUT2D eigenvalue weighted by molar-refractivity contribution is 5.44. The van der Waals surface area contributed by atoms with Crippen molar-refractivity contribution in [3.8, 4) is 5.75 Å². The topological polar surface area (TPSA) is 9.23 Å². The number of aryl methyl sites for hydroxylation is 2. The predicted octanol–water partition coefficient (Wildman–Crippen LogP) is 3.25. The van der Waals surface area contributed by atoms with Crippen LogP contribution < -0.4 is 4.74 Å². The Morgan fingerprint density at radius 1 is 1.23 bits per heavy atom. The van der Waals surface area contributed by atoms with E-state index in [1.165, 1.54) is 13.2 Å². The van der Waals surface area contributed by atoms with E-state index in [-0.39, 0.29) is 5.56 Å². The van der Waals surface area contributed by atoms with E-state index in [4.69, 9.17) is 4.74 Å². The van der Waals surface area contributed by atoms with Gasteiger partial charge in [-0.1, -0.05) is 11.6 Å². The van der Waals surface area contributed by atoms with Gasteiger partial charge in [0.1, 0.15) is 5.75 Å². The molecule has 0 aliphatic rings. The Kier molecular flexibility index (Phi) is 2.86. The van der Waals surface area contributed by atoms with Gasteiger partial charge < -0.3 is 4.74 Å². The molecule has 0 aromatic heterocycles. The molecule has 0 bridgehead atoms. The van der Waals surface area contributed by atoms with Crippen molar-refractivity contribution < 1.29 is 13.5 Å². The second-order valence-corrected chi connectivity index (χ2v) is 3.00. The Hall–Kier alpha value is -1.12. The average molecular weight is 186 g/mol. The molecule has 0 heterocycles. The van der Waals surface area contributed by atoms with Crippen LogP contribution in [0.1, 0.15) is 23.1 Å². The fourth-order valence-electron chi connectivity index (χ4n) is 1.43. The van der Waals surface area contributed by atoms with Gasteiger partial charge in [0.05, 0.1) is 12.7 Å². The highest BCUT2D eigenvalue weighted by atomic mass is 19.3. The summed E-state index contributed by atoms with van der Waals surface area (Å²) in [6, 6.07) is 3.28. The van der Waals surface area contributed by atoms with Gasteiger partial charge >= 0.3 is 0 Å². The summed E-state index contributed by atoms with van der Waals surface area (Å²) in [7, 11) is 1.41. The molecule has 0 aliphatic carbocycles. The number of halogens is 2. The van der Waals surface area contributed by atoms with Crippen LogP contribution in [-0.4, -0.2) is 7.11 Å². The first-order valence-corrected chi connectivity index (χ1v) is 3.99. The van der Waals surface area contributed by atoms with Crippen molar-refractivity contribution in [2.75, 3.05) is 7.11 Å². The largest absolute Gasteiger partial charge is 0.496 e. The van der Waals surface area contributed by atoms with Gasteiger partial charge in [-0.2, -0.15) is 0 Å². The van der Waals surface area contributed by atoms with Crippen LogP contribution in [0.2, 0.25) is 0 Å². The lowest BCUT2D eigenvalue weighted by Crippen LogP contribution is -1.96. The summed E-state index contributed by atoms with van der Waals surface area (Å²) in [6.45, 7) is 3.55. The first-order chi connectivity index (χ1) is 6.06. The summed E-state index contributed by atoms with van der Waals surface area (Å²) in [6.07, 6.45) is -2.48. The summed E-state index contributed by atoms with van der Waals surface area (Å²) in [5.41, 5.74) is 1.55. The van der Waals surface area contributed by atoms with Crippen LogP contribution in [-0.2, 0) is 0 Å². The molecule has 1 rings (SSSR count). The van der Waals surface area contributed by atoms with E-state index in [0.29, 0.717) is 5.75 Å². The van der Waals surface area contributed by atoms with Crippen molar-refractivity contribution in [2.45, 2.75) is 20.3 Å².